The molecule has 4 nitrogen and oxygen atoms in total. The van der Waals surface area contributed by atoms with Crippen LogP contribution in [0, 0.1) is 11.3 Å². The zero-order valence-corrected chi connectivity index (χ0v) is 8.47. The van der Waals surface area contributed by atoms with E-state index in [9.17, 15) is 4.79 Å². The second kappa shape index (κ2) is 4.49. The summed E-state index contributed by atoms with van der Waals surface area (Å²) in [5.74, 6) is 0.664. The Hall–Kier alpha value is -2.28. The number of benzene rings is 1. The normalized spacial score (nSPS) is 9.94. The van der Waals surface area contributed by atoms with Crippen LogP contribution >= 0.6 is 0 Å². The maximum atomic E-state index is 10.9. The van der Waals surface area contributed by atoms with E-state index in [-0.39, 0.29) is 5.63 Å². The number of ether oxygens (including phenoxy) is 1. The van der Waals surface area contributed by atoms with Crippen LogP contribution < -0.4 is 10.4 Å². The predicted molar refractivity (Wildman–Crippen MR) is 58.2 cm³/mol. The summed E-state index contributed by atoms with van der Waals surface area (Å²) in [6, 6.07) is 10.2. The monoisotopic (exact) mass is 215 g/mol. The van der Waals surface area contributed by atoms with Crippen LogP contribution in [0.15, 0.2) is 39.5 Å². The van der Waals surface area contributed by atoms with Crippen molar-refractivity contribution in [2.24, 2.45) is 0 Å². The molecule has 0 amide bonds. The number of hydrogen-bond donors (Lipinski definition) is 0. The molecule has 0 aliphatic heterocycles. The molecule has 0 radical (unpaired) electrons. The molecular formula is C12H9NO3. The standard InChI is InChI=1S/C12H9NO3/c13-6-1-7-15-10-3-4-11-9(8-10)2-5-12(14)16-11/h2-5,8H,1,7H2. The second-order valence-corrected chi connectivity index (χ2v) is 3.21. The lowest BCUT2D eigenvalue weighted by Gasteiger charge is -2.04. The first kappa shape index (κ1) is 10.2. The van der Waals surface area contributed by atoms with Gasteiger partial charge in [-0.15, -0.1) is 0 Å². The summed E-state index contributed by atoms with van der Waals surface area (Å²) in [4.78, 5) is 10.9. The highest BCUT2D eigenvalue weighted by molar-refractivity contribution is 5.77. The van der Waals surface area contributed by atoms with Crippen LogP contribution in [0.3, 0.4) is 0 Å². The fourth-order valence-corrected chi connectivity index (χ4v) is 1.35. The van der Waals surface area contributed by atoms with E-state index in [0.29, 0.717) is 24.4 Å². The highest BCUT2D eigenvalue weighted by Gasteiger charge is 1.99. The third-order valence-corrected chi connectivity index (χ3v) is 2.07. The third kappa shape index (κ3) is 2.20. The molecule has 0 aliphatic rings. The molecule has 1 heterocycles. The van der Waals surface area contributed by atoms with Gasteiger partial charge in [0.15, 0.2) is 0 Å². The molecule has 0 fully saturated rings. The van der Waals surface area contributed by atoms with Gasteiger partial charge in [0.05, 0.1) is 12.5 Å². The van der Waals surface area contributed by atoms with Crippen LogP contribution in [0.2, 0.25) is 0 Å². The lowest BCUT2D eigenvalue weighted by atomic mass is 10.2. The summed E-state index contributed by atoms with van der Waals surface area (Å²) in [5.41, 5.74) is 0.158. The molecule has 2 rings (SSSR count). The summed E-state index contributed by atoms with van der Waals surface area (Å²) >= 11 is 0. The topological polar surface area (TPSA) is 63.2 Å². The lowest BCUT2D eigenvalue weighted by molar-refractivity contribution is 0.327. The van der Waals surface area contributed by atoms with Gasteiger partial charge in [-0.25, -0.2) is 4.79 Å². The highest BCUT2D eigenvalue weighted by atomic mass is 16.5. The maximum absolute atomic E-state index is 10.9. The lowest BCUT2D eigenvalue weighted by Crippen LogP contribution is -1.97. The summed E-state index contributed by atoms with van der Waals surface area (Å²) in [5, 5.41) is 9.17. The molecule has 1 aromatic heterocycles. The van der Waals surface area contributed by atoms with Crippen molar-refractivity contribution < 1.29 is 9.15 Å². The fourth-order valence-electron chi connectivity index (χ4n) is 1.35. The van der Waals surface area contributed by atoms with Crippen LogP contribution in [0.4, 0.5) is 0 Å². The summed E-state index contributed by atoms with van der Waals surface area (Å²) in [6.07, 6.45) is 0.349. The second-order valence-electron chi connectivity index (χ2n) is 3.21. The van der Waals surface area contributed by atoms with Gasteiger partial charge >= 0.3 is 5.63 Å². The van der Waals surface area contributed by atoms with Gasteiger partial charge in [0.1, 0.15) is 17.9 Å². The minimum Gasteiger partial charge on any atom is -0.492 e. The van der Waals surface area contributed by atoms with Crippen molar-refractivity contribution in [2.45, 2.75) is 6.42 Å². The number of fused-ring (bicyclic) bond motifs is 1. The minimum absolute atomic E-state index is 0.349. The van der Waals surface area contributed by atoms with Crippen molar-refractivity contribution in [3.63, 3.8) is 0 Å². The molecule has 0 N–H and O–H groups in total. The molecule has 16 heavy (non-hydrogen) atoms. The first-order valence-corrected chi connectivity index (χ1v) is 4.83. The van der Waals surface area contributed by atoms with Crippen molar-refractivity contribution in [2.75, 3.05) is 6.61 Å². The average molecular weight is 215 g/mol. The molecule has 80 valence electrons. The molecule has 0 unspecified atom stereocenters. The van der Waals surface area contributed by atoms with Gasteiger partial charge in [-0.1, -0.05) is 0 Å². The predicted octanol–water partition coefficient (Wildman–Crippen LogP) is 2.09. The Morgan fingerprint density at radius 1 is 1.31 bits per heavy atom. The Labute approximate surface area is 91.7 Å². The van der Waals surface area contributed by atoms with E-state index >= 15 is 0 Å². The number of hydrogen-bond acceptors (Lipinski definition) is 4. The van der Waals surface area contributed by atoms with Crippen molar-refractivity contribution in [1.29, 1.82) is 5.26 Å². The van der Waals surface area contributed by atoms with Crippen molar-refractivity contribution >= 4 is 11.0 Å². The Kier molecular flexibility index (Phi) is 2.88. The first-order chi connectivity index (χ1) is 7.79. The Bertz CT molecular complexity index is 595. The van der Waals surface area contributed by atoms with Crippen molar-refractivity contribution in [1.82, 2.24) is 0 Å². The molecule has 0 bridgehead atoms. The number of rotatable bonds is 3. The van der Waals surface area contributed by atoms with E-state index in [1.807, 2.05) is 6.07 Å². The van der Waals surface area contributed by atoms with Crippen LogP contribution in [-0.2, 0) is 0 Å². The highest BCUT2D eigenvalue weighted by Crippen LogP contribution is 2.19. The van der Waals surface area contributed by atoms with Gasteiger partial charge in [-0.2, -0.15) is 5.26 Å². The van der Waals surface area contributed by atoms with Gasteiger partial charge < -0.3 is 9.15 Å². The summed E-state index contributed by atoms with van der Waals surface area (Å²) < 4.78 is 10.3. The van der Waals surface area contributed by atoms with Crippen molar-refractivity contribution in [3.05, 3.63) is 40.8 Å². The molecule has 0 atom stereocenters. The van der Waals surface area contributed by atoms with Gasteiger partial charge in [0.2, 0.25) is 0 Å². The first-order valence-electron chi connectivity index (χ1n) is 4.83. The molecule has 4 heteroatoms. The average Bonchev–Trinajstić information content (AvgIpc) is 2.29. The van der Waals surface area contributed by atoms with Crippen molar-refractivity contribution in [3.8, 4) is 11.8 Å². The summed E-state index contributed by atoms with van der Waals surface area (Å²) in [6.45, 7) is 0.360. The molecule has 0 aliphatic carbocycles. The number of nitriles is 1. The zero-order chi connectivity index (χ0) is 11.4. The molecule has 1 aromatic carbocycles. The Morgan fingerprint density at radius 2 is 2.19 bits per heavy atom. The van der Waals surface area contributed by atoms with Crippen LogP contribution in [0.1, 0.15) is 6.42 Å². The van der Waals surface area contributed by atoms with E-state index in [1.54, 1.807) is 24.3 Å². The van der Waals surface area contributed by atoms with E-state index in [2.05, 4.69) is 0 Å². The fraction of sp³-hybridized carbons (Fsp3) is 0.167. The number of nitrogens with zero attached hydrogens (tertiary/aromatic N) is 1. The van der Waals surface area contributed by atoms with Gasteiger partial charge in [-0.3, -0.25) is 0 Å². The van der Waals surface area contributed by atoms with Gasteiger partial charge in [0.25, 0.3) is 0 Å². The molecule has 2 aromatic rings. The zero-order valence-electron chi connectivity index (χ0n) is 8.47. The minimum atomic E-state index is -0.370. The van der Waals surface area contributed by atoms with Gasteiger partial charge in [0, 0.05) is 11.5 Å². The molecular weight excluding hydrogens is 206 g/mol. The van der Waals surface area contributed by atoms with E-state index in [1.165, 1.54) is 6.07 Å². The van der Waals surface area contributed by atoms with Gasteiger partial charge in [-0.05, 0) is 24.3 Å². The van der Waals surface area contributed by atoms with E-state index in [0.717, 1.165) is 5.39 Å². The van der Waals surface area contributed by atoms with E-state index < -0.39 is 0 Å². The third-order valence-electron chi connectivity index (χ3n) is 2.07. The van der Waals surface area contributed by atoms with E-state index in [4.69, 9.17) is 14.4 Å². The largest absolute Gasteiger partial charge is 0.492 e. The smallest absolute Gasteiger partial charge is 0.336 e. The molecule has 0 saturated heterocycles. The molecule has 0 spiro atoms. The van der Waals surface area contributed by atoms with Crippen LogP contribution in [0.5, 0.6) is 5.75 Å². The SMILES string of the molecule is N#CCCOc1ccc2oc(=O)ccc2c1. The Balaban J connectivity index is 2.27. The van der Waals surface area contributed by atoms with Crippen LogP contribution in [-0.4, -0.2) is 6.61 Å². The Morgan fingerprint density at radius 3 is 3.00 bits per heavy atom. The maximum Gasteiger partial charge on any atom is 0.336 e. The molecule has 0 saturated carbocycles. The quantitative estimate of drug-likeness (QED) is 0.580. The summed E-state index contributed by atoms with van der Waals surface area (Å²) in [7, 11) is 0. The van der Waals surface area contributed by atoms with Crippen LogP contribution in [0.25, 0.3) is 11.0 Å².